The smallest absolute Gasteiger partial charge is 0.320 e. The van der Waals surface area contributed by atoms with E-state index in [4.69, 9.17) is 0 Å². The van der Waals surface area contributed by atoms with Gasteiger partial charge in [0.05, 0.1) is 0 Å². The van der Waals surface area contributed by atoms with Gasteiger partial charge in [0, 0.05) is 16.3 Å². The molecule has 2 N–H and O–H groups in total. The molecule has 0 aromatic heterocycles. The van der Waals surface area contributed by atoms with Crippen LogP contribution >= 0.6 is 11.8 Å². The van der Waals surface area contributed by atoms with Crippen LogP contribution in [0.3, 0.4) is 0 Å². The molecule has 2 aromatic carbocycles. The largest absolute Gasteiger partial charge is 0.480 e. The molecule has 1 atom stereocenters. The van der Waals surface area contributed by atoms with Gasteiger partial charge < -0.3 is 10.4 Å². The number of rotatable bonds is 8. The highest BCUT2D eigenvalue weighted by atomic mass is 32.2. The summed E-state index contributed by atoms with van der Waals surface area (Å²) in [5, 5.41) is 12.4. The number of benzene rings is 2. The van der Waals surface area contributed by atoms with Crippen LogP contribution in [-0.4, -0.2) is 17.1 Å². The van der Waals surface area contributed by atoms with Gasteiger partial charge >= 0.3 is 5.97 Å². The molecule has 3 nitrogen and oxygen atoms in total. The number of carbonyl (C=O) groups is 1. The van der Waals surface area contributed by atoms with Crippen molar-refractivity contribution in [3.05, 3.63) is 60.2 Å². The summed E-state index contributed by atoms with van der Waals surface area (Å²) in [5.74, 6) is -0.428. The molecule has 0 heterocycles. The zero-order valence-corrected chi connectivity index (χ0v) is 14.3. The molecule has 0 bridgehead atoms. The molecule has 23 heavy (non-hydrogen) atoms. The van der Waals surface area contributed by atoms with E-state index in [0.717, 1.165) is 5.56 Å². The lowest BCUT2D eigenvalue weighted by Gasteiger charge is -2.16. The van der Waals surface area contributed by atoms with E-state index in [2.05, 4.69) is 29.6 Å². The molecule has 0 amide bonds. The van der Waals surface area contributed by atoms with E-state index in [0.29, 0.717) is 18.9 Å². The Morgan fingerprint density at radius 3 is 2.22 bits per heavy atom. The molecule has 0 aliphatic heterocycles. The Morgan fingerprint density at radius 2 is 1.65 bits per heavy atom. The van der Waals surface area contributed by atoms with E-state index in [1.807, 2.05) is 44.2 Å². The molecule has 0 aliphatic rings. The topological polar surface area (TPSA) is 49.3 Å². The maximum absolute atomic E-state index is 11.2. The first-order valence-corrected chi connectivity index (χ1v) is 8.64. The number of aliphatic carboxylic acids is 1. The minimum atomic E-state index is -0.782. The van der Waals surface area contributed by atoms with Crippen molar-refractivity contribution in [2.24, 2.45) is 5.92 Å². The van der Waals surface area contributed by atoms with E-state index < -0.39 is 12.0 Å². The molecular weight excluding hydrogens is 306 g/mol. The Hall–Kier alpha value is -1.78. The summed E-state index contributed by atoms with van der Waals surface area (Å²) in [6.07, 6.45) is 0.636. The molecule has 0 spiro atoms. The lowest BCUT2D eigenvalue weighted by molar-refractivity contribution is -0.140. The van der Waals surface area contributed by atoms with Crippen LogP contribution in [0.5, 0.6) is 0 Å². The standard InChI is InChI=1S/C19H23NO2S/c1-14(2)12-18(19(21)22)20-13-15-8-10-17(11-9-15)23-16-6-4-3-5-7-16/h3-11,14,18,20H,12-13H2,1-2H3,(H,21,22)/t18-/m1/s1. The van der Waals surface area contributed by atoms with Gasteiger partial charge in [-0.15, -0.1) is 0 Å². The van der Waals surface area contributed by atoms with E-state index in [1.54, 1.807) is 11.8 Å². The molecule has 2 rings (SSSR count). The summed E-state index contributed by atoms with van der Waals surface area (Å²) in [4.78, 5) is 13.6. The third kappa shape index (κ3) is 6.08. The molecule has 0 aliphatic carbocycles. The van der Waals surface area contributed by atoms with E-state index in [9.17, 15) is 9.90 Å². The summed E-state index contributed by atoms with van der Waals surface area (Å²) in [5.41, 5.74) is 1.09. The molecule has 0 unspecified atom stereocenters. The molecule has 0 radical (unpaired) electrons. The van der Waals surface area contributed by atoms with Gasteiger partial charge in [-0.25, -0.2) is 0 Å². The van der Waals surface area contributed by atoms with Gasteiger partial charge in [0.25, 0.3) is 0 Å². The van der Waals surface area contributed by atoms with Crippen molar-refractivity contribution in [3.63, 3.8) is 0 Å². The van der Waals surface area contributed by atoms with Crippen molar-refractivity contribution in [1.82, 2.24) is 5.32 Å². The molecule has 2 aromatic rings. The minimum Gasteiger partial charge on any atom is -0.480 e. The zero-order valence-electron chi connectivity index (χ0n) is 13.5. The highest BCUT2D eigenvalue weighted by Crippen LogP contribution is 2.27. The zero-order chi connectivity index (χ0) is 16.7. The number of carboxylic acids is 1. The second-order valence-corrected chi connectivity index (χ2v) is 7.11. The summed E-state index contributed by atoms with van der Waals surface area (Å²) >= 11 is 1.72. The average molecular weight is 329 g/mol. The molecule has 0 fully saturated rings. The molecular formula is C19H23NO2S. The van der Waals surface area contributed by atoms with Crippen molar-refractivity contribution >= 4 is 17.7 Å². The summed E-state index contributed by atoms with van der Waals surface area (Å²) in [6, 6.07) is 18.0. The Balaban J connectivity index is 1.90. The average Bonchev–Trinajstić information content (AvgIpc) is 2.53. The predicted molar refractivity (Wildman–Crippen MR) is 94.7 cm³/mol. The van der Waals surface area contributed by atoms with Crippen molar-refractivity contribution < 1.29 is 9.90 Å². The van der Waals surface area contributed by atoms with Gasteiger partial charge in [0.1, 0.15) is 6.04 Å². The van der Waals surface area contributed by atoms with Gasteiger partial charge in [-0.2, -0.15) is 0 Å². The second kappa shape index (κ2) is 8.75. The van der Waals surface area contributed by atoms with Crippen LogP contribution in [0.4, 0.5) is 0 Å². The van der Waals surface area contributed by atoms with Gasteiger partial charge in [-0.1, -0.05) is 55.9 Å². The third-order valence-corrected chi connectivity index (χ3v) is 4.48. The SMILES string of the molecule is CC(C)C[C@@H](NCc1ccc(Sc2ccccc2)cc1)C(=O)O. The van der Waals surface area contributed by atoms with Gasteiger partial charge in [-0.3, -0.25) is 4.79 Å². The predicted octanol–water partition coefficient (Wildman–Crippen LogP) is 4.43. The van der Waals surface area contributed by atoms with Crippen molar-refractivity contribution in [3.8, 4) is 0 Å². The van der Waals surface area contributed by atoms with Crippen molar-refractivity contribution in [2.45, 2.75) is 42.6 Å². The van der Waals surface area contributed by atoms with E-state index >= 15 is 0 Å². The van der Waals surface area contributed by atoms with Crippen molar-refractivity contribution in [2.75, 3.05) is 0 Å². The summed E-state index contributed by atoms with van der Waals surface area (Å²) in [7, 11) is 0. The number of carboxylic acid groups (broad SMARTS) is 1. The lowest BCUT2D eigenvalue weighted by atomic mass is 10.0. The summed E-state index contributed by atoms with van der Waals surface area (Å²) < 4.78 is 0. The van der Waals surface area contributed by atoms with Crippen LogP contribution in [-0.2, 0) is 11.3 Å². The van der Waals surface area contributed by atoms with Crippen LogP contribution in [0.15, 0.2) is 64.4 Å². The molecule has 122 valence electrons. The van der Waals surface area contributed by atoms with Gasteiger partial charge in [0.2, 0.25) is 0 Å². The fourth-order valence-electron chi connectivity index (χ4n) is 2.28. The van der Waals surface area contributed by atoms with Crippen LogP contribution in [0, 0.1) is 5.92 Å². The maximum atomic E-state index is 11.2. The Labute approximate surface area is 142 Å². The van der Waals surface area contributed by atoms with E-state index in [1.165, 1.54) is 9.79 Å². The highest BCUT2D eigenvalue weighted by molar-refractivity contribution is 7.99. The van der Waals surface area contributed by atoms with Crippen LogP contribution in [0.1, 0.15) is 25.8 Å². The minimum absolute atomic E-state index is 0.355. The Morgan fingerprint density at radius 1 is 1.04 bits per heavy atom. The number of nitrogens with one attached hydrogen (secondary N) is 1. The monoisotopic (exact) mass is 329 g/mol. The van der Waals surface area contributed by atoms with Crippen LogP contribution in [0.25, 0.3) is 0 Å². The number of hydrogen-bond donors (Lipinski definition) is 2. The quantitative estimate of drug-likeness (QED) is 0.752. The van der Waals surface area contributed by atoms with Gasteiger partial charge in [-0.05, 0) is 42.2 Å². The maximum Gasteiger partial charge on any atom is 0.320 e. The fraction of sp³-hybridized carbons (Fsp3) is 0.316. The van der Waals surface area contributed by atoms with Crippen LogP contribution < -0.4 is 5.32 Å². The molecule has 0 saturated heterocycles. The van der Waals surface area contributed by atoms with Crippen LogP contribution in [0.2, 0.25) is 0 Å². The lowest BCUT2D eigenvalue weighted by Crippen LogP contribution is -2.37. The first-order chi connectivity index (χ1) is 11.0. The Kier molecular flexibility index (Phi) is 6.68. The summed E-state index contributed by atoms with van der Waals surface area (Å²) in [6.45, 7) is 4.64. The van der Waals surface area contributed by atoms with Crippen molar-refractivity contribution in [1.29, 1.82) is 0 Å². The fourth-order valence-corrected chi connectivity index (χ4v) is 3.12. The first kappa shape index (κ1) is 17.6. The third-order valence-electron chi connectivity index (χ3n) is 3.46. The highest BCUT2D eigenvalue weighted by Gasteiger charge is 2.17. The molecule has 0 saturated carbocycles. The Bertz CT molecular complexity index is 611. The molecule has 4 heteroatoms. The van der Waals surface area contributed by atoms with Gasteiger partial charge in [0.15, 0.2) is 0 Å². The van der Waals surface area contributed by atoms with E-state index in [-0.39, 0.29) is 0 Å². The second-order valence-electron chi connectivity index (χ2n) is 5.96. The first-order valence-electron chi connectivity index (χ1n) is 7.82. The normalized spacial score (nSPS) is 12.3. The number of hydrogen-bond acceptors (Lipinski definition) is 3.